The Balaban J connectivity index is 1.57. The zero-order valence-electron chi connectivity index (χ0n) is 16.6. The average Bonchev–Trinajstić information content (AvgIpc) is 3.01. The van der Waals surface area contributed by atoms with Crippen LogP contribution in [-0.2, 0) is 9.59 Å². The van der Waals surface area contributed by atoms with Crippen LogP contribution in [0.5, 0.6) is 5.75 Å². The largest absolute Gasteiger partial charge is 0.484 e. The molecular weight excluding hydrogens is 407 g/mol. The van der Waals surface area contributed by atoms with Gasteiger partial charge in [0, 0.05) is 11.7 Å². The third kappa shape index (κ3) is 5.27. The molecule has 0 bridgehead atoms. The van der Waals surface area contributed by atoms with Crippen molar-refractivity contribution in [2.45, 2.75) is 26.3 Å². The van der Waals surface area contributed by atoms with Gasteiger partial charge in [0.2, 0.25) is 0 Å². The number of thioether (sulfide) groups is 1. The van der Waals surface area contributed by atoms with Gasteiger partial charge in [0.15, 0.2) is 6.61 Å². The first-order valence-electron chi connectivity index (χ1n) is 9.42. The molecule has 1 saturated heterocycles. The quantitative estimate of drug-likeness (QED) is 0.648. The van der Waals surface area contributed by atoms with Crippen molar-refractivity contribution in [1.82, 2.24) is 4.90 Å². The molecule has 1 heterocycles. The van der Waals surface area contributed by atoms with Gasteiger partial charge in [-0.3, -0.25) is 19.3 Å². The van der Waals surface area contributed by atoms with Gasteiger partial charge in [0.25, 0.3) is 17.1 Å². The maximum atomic E-state index is 12.9. The first-order valence-corrected chi connectivity index (χ1v) is 10.2. The van der Waals surface area contributed by atoms with Crippen LogP contribution in [-0.4, -0.2) is 34.6 Å². The van der Waals surface area contributed by atoms with E-state index < -0.39 is 0 Å². The van der Waals surface area contributed by atoms with Crippen LogP contribution in [0.3, 0.4) is 0 Å². The summed E-state index contributed by atoms with van der Waals surface area (Å²) in [7, 11) is 0. The van der Waals surface area contributed by atoms with Crippen molar-refractivity contribution in [3.63, 3.8) is 0 Å². The Kier molecular flexibility index (Phi) is 6.89. The minimum absolute atomic E-state index is 0.139. The van der Waals surface area contributed by atoms with E-state index in [0.717, 1.165) is 17.3 Å². The fourth-order valence-electron chi connectivity index (χ4n) is 2.73. The summed E-state index contributed by atoms with van der Waals surface area (Å²) < 4.78 is 18.3. The van der Waals surface area contributed by atoms with Crippen LogP contribution in [0.15, 0.2) is 53.4 Å². The zero-order chi connectivity index (χ0) is 21.7. The van der Waals surface area contributed by atoms with Crippen molar-refractivity contribution in [3.05, 3.63) is 64.8 Å². The standard InChI is InChI=1S/C22H21FN2O4S/c1-3-14(2)25-21(27)19(30-22(25)28)12-15-4-10-18(11-5-15)29-13-20(26)24-17-8-6-16(23)7-9-17/h4-12,14H,3,13H2,1-2H3,(H,24,26)/b19-12+/t14-/m0/s1. The van der Waals surface area contributed by atoms with Crippen molar-refractivity contribution in [3.8, 4) is 5.75 Å². The Morgan fingerprint density at radius 3 is 2.47 bits per heavy atom. The van der Waals surface area contributed by atoms with Gasteiger partial charge in [-0.25, -0.2) is 4.39 Å². The van der Waals surface area contributed by atoms with Crippen molar-refractivity contribution in [1.29, 1.82) is 0 Å². The highest BCUT2D eigenvalue weighted by Crippen LogP contribution is 2.34. The number of anilines is 1. The maximum Gasteiger partial charge on any atom is 0.293 e. The number of imide groups is 1. The molecular formula is C22H21FN2O4S. The highest BCUT2D eigenvalue weighted by Gasteiger charge is 2.37. The molecule has 1 aliphatic heterocycles. The van der Waals surface area contributed by atoms with E-state index in [-0.39, 0.29) is 35.5 Å². The van der Waals surface area contributed by atoms with E-state index in [4.69, 9.17) is 4.74 Å². The van der Waals surface area contributed by atoms with Crippen molar-refractivity contribution in [2.24, 2.45) is 0 Å². The molecule has 1 N–H and O–H groups in total. The van der Waals surface area contributed by atoms with E-state index in [1.54, 1.807) is 30.3 Å². The fourth-order valence-corrected chi connectivity index (χ4v) is 3.66. The lowest BCUT2D eigenvalue weighted by atomic mass is 10.2. The van der Waals surface area contributed by atoms with Gasteiger partial charge in [-0.15, -0.1) is 0 Å². The first-order chi connectivity index (χ1) is 14.4. The van der Waals surface area contributed by atoms with Gasteiger partial charge in [-0.05, 0) is 73.1 Å². The lowest BCUT2D eigenvalue weighted by Gasteiger charge is -2.19. The predicted octanol–water partition coefficient (Wildman–Crippen LogP) is 4.68. The smallest absolute Gasteiger partial charge is 0.293 e. The number of carbonyl (C=O) groups is 3. The van der Waals surface area contributed by atoms with Gasteiger partial charge in [0.05, 0.1) is 4.91 Å². The molecule has 0 unspecified atom stereocenters. The molecule has 0 spiro atoms. The molecule has 0 aliphatic carbocycles. The number of halogens is 1. The molecule has 30 heavy (non-hydrogen) atoms. The molecule has 1 fully saturated rings. The summed E-state index contributed by atoms with van der Waals surface area (Å²) in [6.45, 7) is 3.57. The number of benzene rings is 2. The topological polar surface area (TPSA) is 75.7 Å². The van der Waals surface area contributed by atoms with Gasteiger partial charge < -0.3 is 10.1 Å². The van der Waals surface area contributed by atoms with Crippen LogP contribution in [0.2, 0.25) is 0 Å². The average molecular weight is 428 g/mol. The monoisotopic (exact) mass is 428 g/mol. The lowest BCUT2D eigenvalue weighted by molar-refractivity contribution is -0.124. The van der Waals surface area contributed by atoms with Crippen molar-refractivity contribution < 1.29 is 23.5 Å². The number of rotatable bonds is 7. The summed E-state index contributed by atoms with van der Waals surface area (Å²) in [6.07, 6.45) is 2.37. The summed E-state index contributed by atoms with van der Waals surface area (Å²) in [5.74, 6) is -0.551. The van der Waals surface area contributed by atoms with Gasteiger partial charge in [0.1, 0.15) is 11.6 Å². The molecule has 3 amide bonds. The van der Waals surface area contributed by atoms with Crippen LogP contribution in [0.1, 0.15) is 25.8 Å². The maximum absolute atomic E-state index is 12.9. The number of amides is 3. The molecule has 0 aromatic heterocycles. The molecule has 6 nitrogen and oxygen atoms in total. The number of hydrogen-bond acceptors (Lipinski definition) is 5. The first kappa shape index (κ1) is 21.6. The van der Waals surface area contributed by atoms with Gasteiger partial charge in [-0.2, -0.15) is 0 Å². The Morgan fingerprint density at radius 1 is 1.17 bits per heavy atom. The number of ether oxygens (including phenoxy) is 1. The summed E-state index contributed by atoms with van der Waals surface area (Å²) in [4.78, 5) is 38.1. The minimum Gasteiger partial charge on any atom is -0.484 e. The van der Waals surface area contributed by atoms with Gasteiger partial charge in [-0.1, -0.05) is 19.1 Å². The number of nitrogens with one attached hydrogen (secondary N) is 1. The Labute approximate surface area is 178 Å². The number of carbonyl (C=O) groups excluding carboxylic acids is 3. The van der Waals surface area contributed by atoms with Gasteiger partial charge >= 0.3 is 0 Å². The summed E-state index contributed by atoms with van der Waals surface area (Å²) in [6, 6.07) is 12.1. The predicted molar refractivity (Wildman–Crippen MR) is 115 cm³/mol. The van der Waals surface area contributed by atoms with E-state index in [9.17, 15) is 18.8 Å². The summed E-state index contributed by atoms with van der Waals surface area (Å²) in [5, 5.41) is 2.35. The van der Waals surface area contributed by atoms with Crippen LogP contribution in [0.4, 0.5) is 14.9 Å². The van der Waals surface area contributed by atoms with E-state index in [1.165, 1.54) is 29.2 Å². The Morgan fingerprint density at radius 2 is 1.83 bits per heavy atom. The van der Waals surface area contributed by atoms with E-state index in [1.807, 2.05) is 13.8 Å². The third-order valence-corrected chi connectivity index (χ3v) is 5.41. The third-order valence-electron chi connectivity index (χ3n) is 4.53. The SMILES string of the molecule is CC[C@H](C)N1C(=O)S/C(=C/c2ccc(OCC(=O)Nc3ccc(F)cc3)cc2)C1=O. The lowest BCUT2D eigenvalue weighted by Crippen LogP contribution is -2.36. The zero-order valence-corrected chi connectivity index (χ0v) is 17.4. The van der Waals surface area contributed by atoms with E-state index in [2.05, 4.69) is 5.32 Å². The molecule has 3 rings (SSSR count). The molecule has 1 aliphatic rings. The molecule has 1 atom stereocenters. The molecule has 0 radical (unpaired) electrons. The Hall–Kier alpha value is -3.13. The highest BCUT2D eigenvalue weighted by molar-refractivity contribution is 8.18. The molecule has 0 saturated carbocycles. The molecule has 2 aromatic rings. The fraction of sp³-hybridized carbons (Fsp3) is 0.227. The number of nitrogens with zero attached hydrogens (tertiary/aromatic N) is 1. The number of hydrogen-bond donors (Lipinski definition) is 1. The van der Waals surface area contributed by atoms with E-state index in [0.29, 0.717) is 22.8 Å². The van der Waals surface area contributed by atoms with E-state index >= 15 is 0 Å². The van der Waals surface area contributed by atoms with Crippen LogP contribution < -0.4 is 10.1 Å². The van der Waals surface area contributed by atoms with Crippen LogP contribution >= 0.6 is 11.8 Å². The summed E-state index contributed by atoms with van der Waals surface area (Å²) in [5.41, 5.74) is 1.22. The van der Waals surface area contributed by atoms with Crippen LogP contribution in [0, 0.1) is 5.82 Å². The minimum atomic E-state index is -0.381. The second-order valence-corrected chi connectivity index (χ2v) is 7.71. The summed E-state index contributed by atoms with van der Waals surface area (Å²) >= 11 is 0.931. The molecule has 8 heteroatoms. The Bertz CT molecular complexity index is 974. The van der Waals surface area contributed by atoms with Crippen molar-refractivity contribution >= 4 is 40.6 Å². The second-order valence-electron chi connectivity index (χ2n) is 6.72. The molecule has 156 valence electrons. The molecule has 2 aromatic carbocycles. The second kappa shape index (κ2) is 9.58. The van der Waals surface area contributed by atoms with Crippen molar-refractivity contribution in [2.75, 3.05) is 11.9 Å². The highest BCUT2D eigenvalue weighted by atomic mass is 32.2. The normalized spacial score (nSPS) is 16.1. The van der Waals surface area contributed by atoms with Crippen LogP contribution in [0.25, 0.3) is 6.08 Å².